The predicted molar refractivity (Wildman–Crippen MR) is 136 cm³/mol. The maximum Gasteiger partial charge on any atom is 0.306 e. The second-order valence-corrected chi connectivity index (χ2v) is 13.1. The Hall–Kier alpha value is -1.39. The van der Waals surface area contributed by atoms with Crippen molar-refractivity contribution in [2.24, 2.45) is 39.4 Å². The van der Waals surface area contributed by atoms with E-state index in [0.717, 1.165) is 44.1 Å². The van der Waals surface area contributed by atoms with Gasteiger partial charge in [-0.1, -0.05) is 58.4 Å². The van der Waals surface area contributed by atoms with Crippen molar-refractivity contribution in [3.05, 3.63) is 34.9 Å². The van der Waals surface area contributed by atoms with Gasteiger partial charge in [-0.2, -0.15) is 0 Å². The van der Waals surface area contributed by atoms with E-state index in [2.05, 4.69) is 46.8 Å². The number of rotatable bonds is 6. The first-order chi connectivity index (χ1) is 15.8. The lowest BCUT2D eigenvalue weighted by Gasteiger charge is -2.61. The number of aliphatic hydroxyl groups excluding tert-OH is 2. The number of aliphatic carboxylic acids is 1. The fourth-order valence-electron chi connectivity index (χ4n) is 8.75. The average Bonchev–Trinajstić information content (AvgIpc) is 3.05. The van der Waals surface area contributed by atoms with E-state index in [0.29, 0.717) is 18.8 Å². The maximum atomic E-state index is 12.5. The van der Waals surface area contributed by atoms with Crippen LogP contribution < -0.4 is 0 Å². The van der Waals surface area contributed by atoms with Crippen LogP contribution in [0.15, 0.2) is 34.9 Å². The molecule has 0 aliphatic heterocycles. The van der Waals surface area contributed by atoms with E-state index in [1.165, 1.54) is 11.1 Å². The van der Waals surface area contributed by atoms with Crippen molar-refractivity contribution in [1.29, 1.82) is 0 Å². The van der Waals surface area contributed by atoms with Crippen molar-refractivity contribution in [2.45, 2.75) is 99.0 Å². The molecular formula is C30H46O4. The summed E-state index contributed by atoms with van der Waals surface area (Å²) in [7, 11) is 0. The third-order valence-electron chi connectivity index (χ3n) is 11.3. The zero-order valence-corrected chi connectivity index (χ0v) is 22.2. The Balaban J connectivity index is 1.68. The average molecular weight is 471 g/mol. The van der Waals surface area contributed by atoms with Gasteiger partial charge in [-0.3, -0.25) is 4.79 Å². The molecule has 2 fully saturated rings. The van der Waals surface area contributed by atoms with Crippen LogP contribution >= 0.6 is 0 Å². The maximum absolute atomic E-state index is 12.5. The molecule has 0 aromatic carbocycles. The van der Waals surface area contributed by atoms with Crippen LogP contribution in [-0.4, -0.2) is 34.0 Å². The van der Waals surface area contributed by atoms with Gasteiger partial charge < -0.3 is 15.3 Å². The third kappa shape index (κ3) is 3.58. The zero-order valence-electron chi connectivity index (χ0n) is 22.2. The number of hydrogen-bond acceptors (Lipinski definition) is 3. The van der Waals surface area contributed by atoms with Crippen LogP contribution in [0.5, 0.6) is 0 Å². The van der Waals surface area contributed by atoms with Gasteiger partial charge in [-0.05, 0) is 103 Å². The van der Waals surface area contributed by atoms with Crippen molar-refractivity contribution in [3.63, 3.8) is 0 Å². The summed E-state index contributed by atoms with van der Waals surface area (Å²) in [6, 6.07) is 0. The molecule has 4 heteroatoms. The summed E-state index contributed by atoms with van der Waals surface area (Å²) in [5.74, 6) is -0.460. The number of allylic oxidation sites excluding steroid dienone is 5. The van der Waals surface area contributed by atoms with Gasteiger partial charge in [0.1, 0.15) is 0 Å². The van der Waals surface area contributed by atoms with Gasteiger partial charge in [0, 0.05) is 0 Å². The van der Waals surface area contributed by atoms with E-state index in [-0.39, 0.29) is 46.2 Å². The van der Waals surface area contributed by atoms with Crippen molar-refractivity contribution < 1.29 is 20.1 Å². The third-order valence-corrected chi connectivity index (χ3v) is 11.3. The smallest absolute Gasteiger partial charge is 0.306 e. The van der Waals surface area contributed by atoms with Crippen LogP contribution in [0.4, 0.5) is 0 Å². The molecule has 0 heterocycles. The molecule has 0 amide bonds. The zero-order chi connectivity index (χ0) is 25.1. The molecule has 2 saturated carbocycles. The van der Waals surface area contributed by atoms with Gasteiger partial charge in [0.25, 0.3) is 0 Å². The minimum absolute atomic E-state index is 0.0134. The summed E-state index contributed by atoms with van der Waals surface area (Å²) >= 11 is 0. The Morgan fingerprint density at radius 2 is 1.82 bits per heavy atom. The molecule has 0 unspecified atom stereocenters. The highest BCUT2D eigenvalue weighted by Gasteiger charge is 2.63. The van der Waals surface area contributed by atoms with Gasteiger partial charge in [-0.15, -0.1) is 0 Å². The summed E-state index contributed by atoms with van der Waals surface area (Å²) in [6.07, 6.45) is 13.8. The first-order valence-corrected chi connectivity index (χ1v) is 13.4. The second kappa shape index (κ2) is 8.62. The molecular weight excluding hydrogens is 424 g/mol. The summed E-state index contributed by atoms with van der Waals surface area (Å²) in [6.45, 7) is 13.6. The molecule has 7 atom stereocenters. The molecule has 0 saturated heterocycles. The van der Waals surface area contributed by atoms with Crippen molar-refractivity contribution >= 4 is 5.97 Å². The normalized spacial score (nSPS) is 42.1. The fourth-order valence-corrected chi connectivity index (χ4v) is 8.75. The molecule has 0 aromatic rings. The van der Waals surface area contributed by atoms with E-state index in [4.69, 9.17) is 0 Å². The van der Waals surface area contributed by atoms with Gasteiger partial charge in [0.2, 0.25) is 0 Å². The molecule has 0 radical (unpaired) electrons. The molecule has 34 heavy (non-hydrogen) atoms. The monoisotopic (exact) mass is 470 g/mol. The molecule has 0 spiro atoms. The Morgan fingerprint density at radius 3 is 2.47 bits per heavy atom. The van der Waals surface area contributed by atoms with Crippen LogP contribution in [0, 0.1) is 39.4 Å². The minimum atomic E-state index is -0.673. The molecule has 3 N–H and O–H groups in total. The molecule has 4 aliphatic carbocycles. The Morgan fingerprint density at radius 1 is 1.12 bits per heavy atom. The topological polar surface area (TPSA) is 77.8 Å². The SMILES string of the molecule is CC(=CCC[C@@H](C(=O)O)[C@H]1CC[C@@]2(C)C3=CC[C@H]4C(C)(C)[C@H](O)CC[C@]4(C)C3=CC[C@]12C)CO. The molecule has 4 nitrogen and oxygen atoms in total. The van der Waals surface area contributed by atoms with Crippen molar-refractivity contribution in [1.82, 2.24) is 0 Å². The molecule has 0 aromatic heterocycles. The molecule has 4 aliphatic rings. The highest BCUT2D eigenvalue weighted by molar-refractivity contribution is 5.71. The fraction of sp³-hybridized carbons (Fsp3) is 0.767. The second-order valence-electron chi connectivity index (χ2n) is 13.1. The van der Waals surface area contributed by atoms with Crippen molar-refractivity contribution in [3.8, 4) is 0 Å². The van der Waals surface area contributed by atoms with Gasteiger partial charge in [-0.25, -0.2) is 0 Å². The lowest BCUT2D eigenvalue weighted by atomic mass is 9.44. The largest absolute Gasteiger partial charge is 0.481 e. The van der Waals surface area contributed by atoms with E-state index in [1.54, 1.807) is 0 Å². The number of carboxylic acids is 1. The Bertz CT molecular complexity index is 926. The van der Waals surface area contributed by atoms with Crippen LogP contribution in [-0.2, 0) is 4.79 Å². The van der Waals surface area contributed by atoms with E-state index in [1.807, 2.05) is 13.0 Å². The van der Waals surface area contributed by atoms with E-state index >= 15 is 0 Å². The summed E-state index contributed by atoms with van der Waals surface area (Å²) in [4.78, 5) is 12.5. The standard InChI is InChI=1S/C30H46O4/c1-19(18-31)8-7-9-20(26(33)34)21-12-16-30(6)23-10-11-24-27(2,3)25(32)14-15-28(24,4)22(23)13-17-29(21,30)5/h8,10,13,20-21,24-25,31-32H,7,9,11-12,14-18H2,1-6H3,(H,33,34)/t20-,21-,24+,25-,28-,29-,30+/m1/s1. The Labute approximate surface area is 206 Å². The lowest BCUT2D eigenvalue weighted by molar-refractivity contribution is -0.146. The van der Waals surface area contributed by atoms with E-state index < -0.39 is 5.97 Å². The first-order valence-electron chi connectivity index (χ1n) is 13.4. The quantitative estimate of drug-likeness (QED) is 0.399. The summed E-state index contributed by atoms with van der Waals surface area (Å²) in [5.41, 5.74) is 3.77. The van der Waals surface area contributed by atoms with Crippen LogP contribution in [0.3, 0.4) is 0 Å². The number of hydrogen-bond donors (Lipinski definition) is 3. The molecule has 4 rings (SSSR count). The number of carboxylic acid groups (broad SMARTS) is 1. The minimum Gasteiger partial charge on any atom is -0.481 e. The number of fused-ring (bicyclic) bond motifs is 5. The van der Waals surface area contributed by atoms with Gasteiger partial charge >= 0.3 is 5.97 Å². The first kappa shape index (κ1) is 25.7. The van der Waals surface area contributed by atoms with Crippen molar-refractivity contribution in [2.75, 3.05) is 6.61 Å². The summed E-state index contributed by atoms with van der Waals surface area (Å²) < 4.78 is 0. The summed E-state index contributed by atoms with van der Waals surface area (Å²) in [5, 5.41) is 30.3. The van der Waals surface area contributed by atoms with Crippen LogP contribution in [0.25, 0.3) is 0 Å². The van der Waals surface area contributed by atoms with Gasteiger partial charge in [0.15, 0.2) is 0 Å². The van der Waals surface area contributed by atoms with E-state index in [9.17, 15) is 20.1 Å². The van der Waals surface area contributed by atoms with Crippen LogP contribution in [0.2, 0.25) is 0 Å². The highest BCUT2D eigenvalue weighted by Crippen LogP contribution is 2.71. The molecule has 0 bridgehead atoms. The molecule has 190 valence electrons. The highest BCUT2D eigenvalue weighted by atomic mass is 16.4. The number of carbonyl (C=O) groups is 1. The lowest BCUT2D eigenvalue weighted by Crippen LogP contribution is -2.54. The van der Waals surface area contributed by atoms with Gasteiger partial charge in [0.05, 0.1) is 18.6 Å². The van der Waals surface area contributed by atoms with Crippen LogP contribution in [0.1, 0.15) is 92.9 Å². The Kier molecular flexibility index (Phi) is 6.52. The predicted octanol–water partition coefficient (Wildman–Crippen LogP) is 6.29. The number of aliphatic hydroxyl groups is 2.